The Morgan fingerprint density at radius 3 is 2.56 bits per heavy atom. The molecule has 0 unspecified atom stereocenters. The van der Waals surface area contributed by atoms with Gasteiger partial charge in [0.2, 0.25) is 0 Å². The maximum absolute atomic E-state index is 13.5. The average molecular weight is 372 g/mol. The van der Waals surface area contributed by atoms with Crippen molar-refractivity contribution in [1.82, 2.24) is 10.3 Å². The number of nitrogens with two attached hydrogens (primary N) is 2. The van der Waals surface area contributed by atoms with Gasteiger partial charge in [0, 0.05) is 23.5 Å². The van der Waals surface area contributed by atoms with Gasteiger partial charge in [-0.2, -0.15) is 0 Å². The topological polar surface area (TPSA) is 96.9 Å². The first-order valence-electron chi connectivity index (χ1n) is 8.80. The third kappa shape index (κ3) is 4.50. The van der Waals surface area contributed by atoms with Crippen molar-refractivity contribution < 1.29 is 13.6 Å². The van der Waals surface area contributed by atoms with Crippen molar-refractivity contribution in [2.24, 2.45) is 11.5 Å². The molecular formula is C20H22F2N4O. The molecule has 0 fully saturated rings. The fourth-order valence-electron chi connectivity index (χ4n) is 2.91. The Hall–Kier alpha value is -2.77. The molecule has 5 nitrogen and oxygen atoms in total. The summed E-state index contributed by atoms with van der Waals surface area (Å²) >= 11 is 0. The summed E-state index contributed by atoms with van der Waals surface area (Å²) in [7, 11) is 0. The first-order valence-corrected chi connectivity index (χ1v) is 8.80. The molecule has 7 heteroatoms. The fourth-order valence-corrected chi connectivity index (χ4v) is 2.91. The van der Waals surface area contributed by atoms with E-state index in [1.54, 1.807) is 18.2 Å². The molecule has 0 radical (unpaired) electrons. The summed E-state index contributed by atoms with van der Waals surface area (Å²) in [4.78, 5) is 15.4. The number of aromatic nitrogens is 1. The van der Waals surface area contributed by atoms with Crippen molar-refractivity contribution in [2.75, 3.05) is 13.1 Å². The quantitative estimate of drug-likeness (QED) is 0.513. The van der Waals surface area contributed by atoms with Crippen LogP contribution in [0.5, 0.6) is 0 Å². The number of carbonyl (C=O) groups is 1. The van der Waals surface area contributed by atoms with Gasteiger partial charge in [-0.15, -0.1) is 0 Å². The molecule has 0 aliphatic heterocycles. The second-order valence-corrected chi connectivity index (χ2v) is 6.51. The zero-order chi connectivity index (χ0) is 19.4. The lowest BCUT2D eigenvalue weighted by molar-refractivity contribution is 0.0946. The third-order valence-electron chi connectivity index (χ3n) is 4.42. The normalized spacial score (nSPS) is 12.3. The van der Waals surface area contributed by atoms with Crippen LogP contribution in [0.2, 0.25) is 0 Å². The molecule has 0 aliphatic rings. The summed E-state index contributed by atoms with van der Waals surface area (Å²) in [6.45, 7) is 0.943. The Morgan fingerprint density at radius 1 is 1.07 bits per heavy atom. The van der Waals surface area contributed by atoms with Crippen LogP contribution in [0.25, 0.3) is 22.0 Å². The number of halogens is 2. The van der Waals surface area contributed by atoms with E-state index in [0.29, 0.717) is 24.3 Å². The van der Waals surface area contributed by atoms with Gasteiger partial charge in [-0.3, -0.25) is 4.79 Å². The highest BCUT2D eigenvalue weighted by Gasteiger charge is 2.12. The van der Waals surface area contributed by atoms with Crippen LogP contribution in [0.15, 0.2) is 42.5 Å². The second-order valence-electron chi connectivity index (χ2n) is 6.51. The lowest BCUT2D eigenvalue weighted by atomic mass is 10.0. The van der Waals surface area contributed by atoms with Crippen molar-refractivity contribution in [2.45, 2.75) is 18.9 Å². The number of hydrogen-bond acceptors (Lipinski definition) is 3. The van der Waals surface area contributed by atoms with E-state index in [0.717, 1.165) is 41.4 Å². The number of H-pyrrole nitrogens is 1. The highest BCUT2D eigenvalue weighted by Crippen LogP contribution is 2.26. The van der Waals surface area contributed by atoms with Crippen molar-refractivity contribution in [3.05, 3.63) is 59.8 Å². The minimum Gasteiger partial charge on any atom is -0.351 e. The van der Waals surface area contributed by atoms with Crippen LogP contribution in [0, 0.1) is 11.6 Å². The highest BCUT2D eigenvalue weighted by atomic mass is 19.2. The Morgan fingerprint density at radius 2 is 1.81 bits per heavy atom. The van der Waals surface area contributed by atoms with E-state index in [-0.39, 0.29) is 11.9 Å². The van der Waals surface area contributed by atoms with E-state index in [1.807, 2.05) is 6.07 Å². The lowest BCUT2D eigenvalue weighted by Crippen LogP contribution is -2.37. The number of amides is 1. The van der Waals surface area contributed by atoms with E-state index < -0.39 is 11.6 Å². The van der Waals surface area contributed by atoms with Gasteiger partial charge in [-0.25, -0.2) is 8.78 Å². The molecular weight excluding hydrogens is 350 g/mol. The molecule has 1 amide bonds. The minimum atomic E-state index is -0.898. The Bertz CT molecular complexity index is 954. The Balaban J connectivity index is 1.75. The fraction of sp³-hybridized carbons (Fsp3) is 0.250. The number of fused-ring (bicyclic) bond motifs is 1. The molecule has 3 rings (SSSR count). The van der Waals surface area contributed by atoms with Crippen molar-refractivity contribution >= 4 is 16.8 Å². The van der Waals surface area contributed by atoms with Crippen LogP contribution in [-0.2, 0) is 0 Å². The van der Waals surface area contributed by atoms with E-state index >= 15 is 0 Å². The van der Waals surface area contributed by atoms with Gasteiger partial charge in [0.25, 0.3) is 5.91 Å². The number of nitrogens with one attached hydrogen (secondary N) is 2. The summed E-state index contributed by atoms with van der Waals surface area (Å²) in [6, 6.07) is 10.8. The van der Waals surface area contributed by atoms with Crippen LogP contribution < -0.4 is 16.8 Å². The predicted molar refractivity (Wildman–Crippen MR) is 102 cm³/mol. The molecule has 1 heterocycles. The molecule has 1 atom stereocenters. The van der Waals surface area contributed by atoms with Crippen LogP contribution in [0.3, 0.4) is 0 Å². The van der Waals surface area contributed by atoms with Crippen LogP contribution in [-0.4, -0.2) is 30.0 Å². The third-order valence-corrected chi connectivity index (χ3v) is 4.42. The summed E-state index contributed by atoms with van der Waals surface area (Å²) in [5.74, 6) is -2.03. The monoisotopic (exact) mass is 372 g/mol. The molecule has 3 aromatic rings. The number of aromatic amines is 1. The predicted octanol–water partition coefficient (Wildman–Crippen LogP) is 2.91. The standard InChI is InChI=1S/C20H22F2N4O/c21-16-6-5-12(8-17(16)22)13-3-4-14-10-19(26-18(14)9-13)20(27)25-11-15(24)2-1-7-23/h3-6,8-10,15,26H,1-2,7,11,23-24H2,(H,25,27)/t15-/m0/s1. The number of carbonyl (C=O) groups excluding carboxylic acids is 1. The van der Waals surface area contributed by atoms with Crippen molar-refractivity contribution in [3.8, 4) is 11.1 Å². The number of hydrogen-bond donors (Lipinski definition) is 4. The minimum absolute atomic E-state index is 0.137. The van der Waals surface area contributed by atoms with Gasteiger partial charge in [-0.05, 0) is 54.8 Å². The maximum atomic E-state index is 13.5. The molecule has 6 N–H and O–H groups in total. The van der Waals surface area contributed by atoms with E-state index in [1.165, 1.54) is 6.07 Å². The van der Waals surface area contributed by atoms with E-state index in [2.05, 4.69) is 10.3 Å². The van der Waals surface area contributed by atoms with Crippen LogP contribution in [0.4, 0.5) is 8.78 Å². The van der Waals surface area contributed by atoms with Crippen molar-refractivity contribution in [3.63, 3.8) is 0 Å². The smallest absolute Gasteiger partial charge is 0.267 e. The first kappa shape index (κ1) is 19.0. The molecule has 0 aliphatic carbocycles. The van der Waals surface area contributed by atoms with Gasteiger partial charge in [0.1, 0.15) is 5.69 Å². The van der Waals surface area contributed by atoms with Gasteiger partial charge in [0.15, 0.2) is 11.6 Å². The maximum Gasteiger partial charge on any atom is 0.267 e. The molecule has 27 heavy (non-hydrogen) atoms. The van der Waals surface area contributed by atoms with Gasteiger partial charge in [0.05, 0.1) is 0 Å². The largest absolute Gasteiger partial charge is 0.351 e. The van der Waals surface area contributed by atoms with E-state index in [9.17, 15) is 13.6 Å². The Labute approximate surface area is 155 Å². The van der Waals surface area contributed by atoms with E-state index in [4.69, 9.17) is 11.5 Å². The second kappa shape index (κ2) is 8.28. The number of rotatable bonds is 7. The number of benzene rings is 2. The molecule has 2 aromatic carbocycles. The first-order chi connectivity index (χ1) is 13.0. The molecule has 0 bridgehead atoms. The molecule has 142 valence electrons. The highest BCUT2D eigenvalue weighted by molar-refractivity contribution is 5.98. The zero-order valence-corrected chi connectivity index (χ0v) is 14.8. The van der Waals surface area contributed by atoms with Gasteiger partial charge in [-0.1, -0.05) is 18.2 Å². The van der Waals surface area contributed by atoms with Gasteiger partial charge >= 0.3 is 0 Å². The van der Waals surface area contributed by atoms with Crippen LogP contribution in [0.1, 0.15) is 23.3 Å². The summed E-state index contributed by atoms with van der Waals surface area (Å²) in [5, 5.41) is 3.65. The SMILES string of the molecule is NCCC[C@H](N)CNC(=O)c1cc2ccc(-c3ccc(F)c(F)c3)cc2[nH]1. The molecule has 1 aromatic heterocycles. The summed E-state index contributed by atoms with van der Waals surface area (Å²) in [6.07, 6.45) is 1.57. The van der Waals surface area contributed by atoms with Gasteiger partial charge < -0.3 is 21.8 Å². The van der Waals surface area contributed by atoms with Crippen LogP contribution >= 0.6 is 0 Å². The molecule has 0 saturated carbocycles. The lowest BCUT2D eigenvalue weighted by Gasteiger charge is -2.11. The summed E-state index contributed by atoms with van der Waals surface area (Å²) in [5.41, 5.74) is 13.8. The molecule has 0 saturated heterocycles. The van der Waals surface area contributed by atoms with Crippen molar-refractivity contribution in [1.29, 1.82) is 0 Å². The summed E-state index contributed by atoms with van der Waals surface area (Å²) < 4.78 is 26.6. The average Bonchev–Trinajstić information content (AvgIpc) is 3.10. The molecule has 0 spiro atoms. The zero-order valence-electron chi connectivity index (χ0n) is 14.8. The Kier molecular flexibility index (Phi) is 5.83.